The summed E-state index contributed by atoms with van der Waals surface area (Å²) in [6, 6.07) is 0. The molecule has 0 radical (unpaired) electrons. The summed E-state index contributed by atoms with van der Waals surface area (Å²) < 4.78 is 1.69. The summed E-state index contributed by atoms with van der Waals surface area (Å²) in [5.41, 5.74) is 0. The molecule has 13 heavy (non-hydrogen) atoms. The summed E-state index contributed by atoms with van der Waals surface area (Å²) in [4.78, 5) is 14.5. The number of rotatable bonds is 4. The molecule has 0 atom stereocenters. The zero-order chi connectivity index (χ0) is 9.84. The van der Waals surface area contributed by atoms with Gasteiger partial charge in [0, 0.05) is 19.9 Å². The number of carboxylic acids is 1. The van der Waals surface area contributed by atoms with Crippen LogP contribution in [0, 0.1) is 0 Å². The largest absolute Gasteiger partial charge is 0.481 e. The van der Waals surface area contributed by atoms with Crippen LogP contribution in [0.4, 0.5) is 0 Å². The number of hydrogen-bond donors (Lipinski definition) is 1. The van der Waals surface area contributed by atoms with Crippen molar-refractivity contribution in [2.24, 2.45) is 7.05 Å². The van der Waals surface area contributed by atoms with Crippen molar-refractivity contribution in [3.8, 4) is 0 Å². The highest BCUT2D eigenvalue weighted by Crippen LogP contribution is 2.00. The summed E-state index contributed by atoms with van der Waals surface area (Å²) in [5.74, 6) is 0.688. The van der Waals surface area contributed by atoms with E-state index in [1.54, 1.807) is 4.68 Å². The van der Waals surface area contributed by atoms with Crippen LogP contribution >= 0.6 is 0 Å². The van der Waals surface area contributed by atoms with E-state index in [4.69, 9.17) is 5.11 Å². The summed E-state index contributed by atoms with van der Waals surface area (Å²) in [5, 5.41) is 12.5. The third-order valence-electron chi connectivity index (χ3n) is 1.78. The van der Waals surface area contributed by atoms with Gasteiger partial charge in [0.05, 0.1) is 6.42 Å². The lowest BCUT2D eigenvalue weighted by atomic mass is 10.3. The quantitative estimate of drug-likeness (QED) is 0.733. The highest BCUT2D eigenvalue weighted by molar-refractivity contribution is 5.66. The molecule has 0 aliphatic carbocycles. The van der Waals surface area contributed by atoms with E-state index >= 15 is 0 Å². The molecular weight excluding hydrogens is 170 g/mol. The minimum Gasteiger partial charge on any atom is -0.481 e. The molecule has 0 amide bonds. The topological polar surface area (TPSA) is 68.0 Å². The number of aromatic nitrogens is 3. The van der Waals surface area contributed by atoms with Crippen molar-refractivity contribution < 1.29 is 9.90 Å². The van der Waals surface area contributed by atoms with E-state index in [0.717, 1.165) is 12.2 Å². The summed E-state index contributed by atoms with van der Waals surface area (Å²) in [7, 11) is 1.82. The smallest absolute Gasteiger partial charge is 0.303 e. The molecule has 1 aromatic rings. The molecule has 0 aliphatic rings. The molecule has 1 N–H and O–H groups in total. The first kappa shape index (κ1) is 9.70. The SMILES string of the molecule is CCc1nc(CCC(=O)O)nn1C. The number of carbonyl (C=O) groups is 1. The lowest BCUT2D eigenvalue weighted by Crippen LogP contribution is -1.99. The van der Waals surface area contributed by atoms with Gasteiger partial charge in [-0.2, -0.15) is 5.10 Å². The van der Waals surface area contributed by atoms with Crippen LogP contribution in [-0.4, -0.2) is 25.8 Å². The fraction of sp³-hybridized carbons (Fsp3) is 0.625. The van der Waals surface area contributed by atoms with E-state index in [1.807, 2.05) is 14.0 Å². The van der Waals surface area contributed by atoms with Gasteiger partial charge in [0.1, 0.15) is 5.82 Å². The Bertz CT molecular complexity index is 306. The highest BCUT2D eigenvalue weighted by Gasteiger charge is 2.06. The van der Waals surface area contributed by atoms with Gasteiger partial charge in [-0.3, -0.25) is 9.48 Å². The number of hydrogen-bond acceptors (Lipinski definition) is 3. The van der Waals surface area contributed by atoms with Gasteiger partial charge < -0.3 is 5.11 Å². The van der Waals surface area contributed by atoms with Crippen molar-refractivity contribution in [1.82, 2.24) is 14.8 Å². The first-order valence-electron chi connectivity index (χ1n) is 4.24. The lowest BCUT2D eigenvalue weighted by molar-refractivity contribution is -0.137. The normalized spacial score (nSPS) is 10.3. The fourth-order valence-corrected chi connectivity index (χ4v) is 1.11. The van der Waals surface area contributed by atoms with Crippen molar-refractivity contribution in [2.45, 2.75) is 26.2 Å². The van der Waals surface area contributed by atoms with Gasteiger partial charge in [-0.15, -0.1) is 0 Å². The maximum atomic E-state index is 10.3. The predicted molar refractivity (Wildman–Crippen MR) is 46.3 cm³/mol. The third-order valence-corrected chi connectivity index (χ3v) is 1.78. The second kappa shape index (κ2) is 4.02. The minimum absolute atomic E-state index is 0.0904. The van der Waals surface area contributed by atoms with Crippen molar-refractivity contribution in [3.63, 3.8) is 0 Å². The molecule has 1 rings (SSSR count). The van der Waals surface area contributed by atoms with Crippen molar-refractivity contribution in [3.05, 3.63) is 11.6 Å². The Balaban J connectivity index is 2.62. The Hall–Kier alpha value is -1.39. The first-order valence-corrected chi connectivity index (χ1v) is 4.24. The predicted octanol–water partition coefficient (Wildman–Crippen LogP) is 0.395. The maximum Gasteiger partial charge on any atom is 0.303 e. The summed E-state index contributed by atoms with van der Waals surface area (Å²) in [6.45, 7) is 1.99. The molecule has 1 heterocycles. The van der Waals surface area contributed by atoms with E-state index in [2.05, 4.69) is 10.1 Å². The Morgan fingerprint density at radius 3 is 2.77 bits per heavy atom. The van der Waals surface area contributed by atoms with Crippen LogP contribution in [0.15, 0.2) is 0 Å². The number of aliphatic carboxylic acids is 1. The van der Waals surface area contributed by atoms with Gasteiger partial charge >= 0.3 is 5.97 Å². The molecule has 72 valence electrons. The molecule has 0 aromatic carbocycles. The molecule has 0 saturated carbocycles. The van der Waals surface area contributed by atoms with Crippen LogP contribution in [-0.2, 0) is 24.7 Å². The zero-order valence-corrected chi connectivity index (χ0v) is 7.82. The van der Waals surface area contributed by atoms with E-state index in [1.165, 1.54) is 0 Å². The number of aryl methyl sites for hydroxylation is 3. The molecule has 0 bridgehead atoms. The average molecular weight is 183 g/mol. The van der Waals surface area contributed by atoms with Crippen molar-refractivity contribution in [1.29, 1.82) is 0 Å². The molecule has 0 spiro atoms. The zero-order valence-electron chi connectivity index (χ0n) is 7.82. The van der Waals surface area contributed by atoms with E-state index < -0.39 is 5.97 Å². The molecule has 0 aliphatic heterocycles. The Labute approximate surface area is 76.4 Å². The Morgan fingerprint density at radius 1 is 1.62 bits per heavy atom. The summed E-state index contributed by atoms with van der Waals surface area (Å²) in [6.07, 6.45) is 1.31. The van der Waals surface area contributed by atoms with Crippen LogP contribution in [0.2, 0.25) is 0 Å². The second-order valence-electron chi connectivity index (χ2n) is 2.82. The van der Waals surface area contributed by atoms with E-state index in [-0.39, 0.29) is 6.42 Å². The van der Waals surface area contributed by atoms with Gasteiger partial charge in [0.2, 0.25) is 0 Å². The number of carboxylic acid groups (broad SMARTS) is 1. The molecule has 5 nitrogen and oxygen atoms in total. The van der Waals surface area contributed by atoms with Gasteiger partial charge in [-0.25, -0.2) is 4.98 Å². The van der Waals surface area contributed by atoms with Crippen molar-refractivity contribution in [2.75, 3.05) is 0 Å². The van der Waals surface area contributed by atoms with Gasteiger partial charge in [-0.1, -0.05) is 6.92 Å². The molecule has 0 saturated heterocycles. The van der Waals surface area contributed by atoms with Gasteiger partial charge in [0.25, 0.3) is 0 Å². The van der Waals surface area contributed by atoms with Crippen LogP contribution in [0.25, 0.3) is 0 Å². The molecule has 5 heteroatoms. The van der Waals surface area contributed by atoms with E-state index in [0.29, 0.717) is 12.2 Å². The minimum atomic E-state index is -0.814. The first-order chi connectivity index (χ1) is 6.13. The monoisotopic (exact) mass is 183 g/mol. The molecule has 0 unspecified atom stereocenters. The lowest BCUT2D eigenvalue weighted by Gasteiger charge is -1.90. The maximum absolute atomic E-state index is 10.3. The van der Waals surface area contributed by atoms with Crippen LogP contribution in [0.3, 0.4) is 0 Å². The number of nitrogens with zero attached hydrogens (tertiary/aromatic N) is 3. The third kappa shape index (κ3) is 2.54. The van der Waals surface area contributed by atoms with Crippen LogP contribution in [0.5, 0.6) is 0 Å². The van der Waals surface area contributed by atoms with Crippen LogP contribution < -0.4 is 0 Å². The van der Waals surface area contributed by atoms with Crippen molar-refractivity contribution >= 4 is 5.97 Å². The Morgan fingerprint density at radius 2 is 2.31 bits per heavy atom. The molecular formula is C8H13N3O2. The second-order valence-corrected chi connectivity index (χ2v) is 2.82. The average Bonchev–Trinajstić information content (AvgIpc) is 2.43. The van der Waals surface area contributed by atoms with Gasteiger partial charge in [0.15, 0.2) is 5.82 Å². The summed E-state index contributed by atoms with van der Waals surface area (Å²) >= 11 is 0. The highest BCUT2D eigenvalue weighted by atomic mass is 16.4. The standard InChI is InChI=1S/C8H13N3O2/c1-3-7-9-6(10-11(7)2)4-5-8(12)13/h3-5H2,1-2H3,(H,12,13). The molecule has 0 fully saturated rings. The Kier molecular flexibility index (Phi) is 3.00. The van der Waals surface area contributed by atoms with Crippen LogP contribution in [0.1, 0.15) is 25.0 Å². The van der Waals surface area contributed by atoms with Gasteiger partial charge in [-0.05, 0) is 0 Å². The fourth-order valence-electron chi connectivity index (χ4n) is 1.11. The van der Waals surface area contributed by atoms with E-state index in [9.17, 15) is 4.79 Å². The molecule has 1 aromatic heterocycles.